The van der Waals surface area contributed by atoms with E-state index in [-0.39, 0.29) is 19.0 Å². The standard InChI is InChI=1S/C19H30O9/c1-10(20)24-15(13-11(21)8-22-18(4,5)26-13)16-14(27-19(6,7)28-16)12-9-23-17(2,3)25-12/h12-16H,8-9H2,1-7H3/t12-,13+,14-,15+,16+/m1/s1. The minimum atomic E-state index is -1.05. The fourth-order valence-electron chi connectivity index (χ4n) is 3.71. The SMILES string of the molecule is CC(=O)O[C@H]([C@H]1OC(C)(C)O[C@@H]1[C@H]1COC(C)(C)O1)[C@H]1OC(C)(C)OCC1=O. The lowest BCUT2D eigenvalue weighted by Crippen LogP contribution is -2.58. The zero-order chi connectivity index (χ0) is 20.9. The lowest BCUT2D eigenvalue weighted by Gasteiger charge is -2.40. The minimum Gasteiger partial charge on any atom is -0.456 e. The first-order valence-electron chi connectivity index (χ1n) is 9.48. The van der Waals surface area contributed by atoms with Gasteiger partial charge in [-0.25, -0.2) is 0 Å². The number of rotatable bonds is 4. The van der Waals surface area contributed by atoms with Crippen LogP contribution < -0.4 is 0 Å². The molecule has 3 heterocycles. The van der Waals surface area contributed by atoms with E-state index < -0.39 is 53.9 Å². The third-order valence-corrected chi connectivity index (χ3v) is 4.77. The van der Waals surface area contributed by atoms with E-state index in [0.29, 0.717) is 0 Å². The molecule has 3 aliphatic rings. The summed E-state index contributed by atoms with van der Waals surface area (Å²) in [5, 5.41) is 0. The summed E-state index contributed by atoms with van der Waals surface area (Å²) in [5.74, 6) is -3.62. The molecule has 9 heteroatoms. The van der Waals surface area contributed by atoms with Crippen molar-refractivity contribution in [2.75, 3.05) is 13.2 Å². The average Bonchev–Trinajstić information content (AvgIpc) is 3.06. The second-order valence-corrected chi connectivity index (χ2v) is 8.70. The Balaban J connectivity index is 1.90. The number of hydrogen-bond donors (Lipinski definition) is 0. The molecule has 0 saturated carbocycles. The summed E-state index contributed by atoms with van der Waals surface area (Å²) >= 11 is 0. The molecule has 0 aliphatic carbocycles. The predicted octanol–water partition coefficient (Wildman–Crippen LogP) is 1.31. The lowest BCUT2D eigenvalue weighted by atomic mass is 9.96. The second kappa shape index (κ2) is 7.30. The van der Waals surface area contributed by atoms with Gasteiger partial charge in [-0.2, -0.15) is 0 Å². The zero-order valence-electron chi connectivity index (χ0n) is 17.5. The van der Waals surface area contributed by atoms with Gasteiger partial charge in [0.15, 0.2) is 35.4 Å². The van der Waals surface area contributed by atoms with Gasteiger partial charge in [0.2, 0.25) is 0 Å². The summed E-state index contributed by atoms with van der Waals surface area (Å²) < 4.78 is 40.5. The number of ketones is 1. The maximum Gasteiger partial charge on any atom is 0.303 e. The monoisotopic (exact) mass is 402 g/mol. The molecule has 160 valence electrons. The maximum absolute atomic E-state index is 12.6. The van der Waals surface area contributed by atoms with E-state index in [1.165, 1.54) is 6.92 Å². The Morgan fingerprint density at radius 2 is 1.61 bits per heavy atom. The molecule has 0 bridgehead atoms. The van der Waals surface area contributed by atoms with E-state index >= 15 is 0 Å². The summed E-state index contributed by atoms with van der Waals surface area (Å²) in [4.78, 5) is 24.4. The van der Waals surface area contributed by atoms with Crippen molar-refractivity contribution in [3.8, 4) is 0 Å². The van der Waals surface area contributed by atoms with Crippen LogP contribution >= 0.6 is 0 Å². The minimum absolute atomic E-state index is 0.146. The van der Waals surface area contributed by atoms with E-state index in [4.69, 9.17) is 33.2 Å². The molecule has 0 amide bonds. The fraction of sp³-hybridized carbons (Fsp3) is 0.895. The molecule has 3 saturated heterocycles. The summed E-state index contributed by atoms with van der Waals surface area (Å²) in [6, 6.07) is 0. The highest BCUT2D eigenvalue weighted by Crippen LogP contribution is 2.39. The summed E-state index contributed by atoms with van der Waals surface area (Å²) in [6.45, 7) is 11.9. The molecule has 3 fully saturated rings. The van der Waals surface area contributed by atoms with Gasteiger partial charge in [-0.3, -0.25) is 9.59 Å². The molecule has 0 aromatic carbocycles. The first-order valence-corrected chi connectivity index (χ1v) is 9.48. The highest BCUT2D eigenvalue weighted by Gasteiger charge is 2.57. The van der Waals surface area contributed by atoms with Crippen molar-refractivity contribution in [1.82, 2.24) is 0 Å². The molecule has 0 N–H and O–H groups in total. The van der Waals surface area contributed by atoms with Gasteiger partial charge in [-0.15, -0.1) is 0 Å². The summed E-state index contributed by atoms with van der Waals surface area (Å²) in [7, 11) is 0. The van der Waals surface area contributed by atoms with E-state index in [2.05, 4.69) is 0 Å². The van der Waals surface area contributed by atoms with Crippen LogP contribution in [0.25, 0.3) is 0 Å². The predicted molar refractivity (Wildman–Crippen MR) is 94.2 cm³/mol. The molecule has 3 aliphatic heterocycles. The van der Waals surface area contributed by atoms with Gasteiger partial charge in [0.25, 0.3) is 0 Å². The van der Waals surface area contributed by atoms with Crippen LogP contribution in [0.2, 0.25) is 0 Å². The lowest BCUT2D eigenvalue weighted by molar-refractivity contribution is -0.280. The smallest absolute Gasteiger partial charge is 0.303 e. The van der Waals surface area contributed by atoms with Crippen molar-refractivity contribution >= 4 is 11.8 Å². The van der Waals surface area contributed by atoms with Crippen molar-refractivity contribution in [3.63, 3.8) is 0 Å². The fourth-order valence-corrected chi connectivity index (χ4v) is 3.71. The van der Waals surface area contributed by atoms with Crippen LogP contribution in [-0.2, 0) is 42.7 Å². The molecule has 0 radical (unpaired) electrons. The topological polar surface area (TPSA) is 98.8 Å². The largest absolute Gasteiger partial charge is 0.456 e. The highest BCUT2D eigenvalue weighted by atomic mass is 16.8. The normalized spacial score (nSPS) is 37.6. The van der Waals surface area contributed by atoms with Crippen LogP contribution in [0.5, 0.6) is 0 Å². The number of Topliss-reactive ketones (excluding diaryl/α,β-unsaturated/α-hetero) is 1. The van der Waals surface area contributed by atoms with Gasteiger partial charge in [0, 0.05) is 6.92 Å². The third kappa shape index (κ3) is 4.72. The van der Waals surface area contributed by atoms with Gasteiger partial charge in [0.05, 0.1) is 6.61 Å². The molecule has 0 aromatic heterocycles. The number of hydrogen-bond acceptors (Lipinski definition) is 9. The Kier molecular flexibility index (Phi) is 5.63. The molecule has 0 spiro atoms. The maximum atomic E-state index is 12.6. The highest BCUT2D eigenvalue weighted by molar-refractivity contribution is 5.86. The number of ether oxygens (including phenoxy) is 7. The van der Waals surface area contributed by atoms with Crippen molar-refractivity contribution in [1.29, 1.82) is 0 Å². The van der Waals surface area contributed by atoms with Gasteiger partial charge >= 0.3 is 5.97 Å². The van der Waals surface area contributed by atoms with Crippen LogP contribution in [-0.4, -0.2) is 72.8 Å². The Bertz CT molecular complexity index is 627. The Morgan fingerprint density at radius 3 is 2.18 bits per heavy atom. The molecule has 0 aromatic rings. The van der Waals surface area contributed by atoms with E-state index in [1.54, 1.807) is 41.5 Å². The molecular formula is C19H30O9. The Labute approximate surface area is 164 Å². The molecular weight excluding hydrogens is 372 g/mol. The van der Waals surface area contributed by atoms with E-state index in [9.17, 15) is 9.59 Å². The van der Waals surface area contributed by atoms with Gasteiger partial charge in [0.1, 0.15) is 24.9 Å². The van der Waals surface area contributed by atoms with Crippen LogP contribution in [0.3, 0.4) is 0 Å². The van der Waals surface area contributed by atoms with Crippen LogP contribution in [0, 0.1) is 0 Å². The summed E-state index contributed by atoms with van der Waals surface area (Å²) in [5.41, 5.74) is 0. The zero-order valence-corrected chi connectivity index (χ0v) is 17.5. The van der Waals surface area contributed by atoms with Gasteiger partial charge < -0.3 is 33.2 Å². The quantitative estimate of drug-likeness (QED) is 0.645. The molecule has 0 unspecified atom stereocenters. The van der Waals surface area contributed by atoms with E-state index in [1.807, 2.05) is 0 Å². The number of carbonyl (C=O) groups is 2. The molecule has 9 nitrogen and oxygen atoms in total. The van der Waals surface area contributed by atoms with Crippen molar-refractivity contribution in [2.24, 2.45) is 0 Å². The number of carbonyl (C=O) groups excluding carboxylic acids is 2. The van der Waals surface area contributed by atoms with Crippen LogP contribution in [0.1, 0.15) is 48.5 Å². The molecule has 3 rings (SSSR count). The summed E-state index contributed by atoms with van der Waals surface area (Å²) in [6.07, 6.45) is -3.93. The van der Waals surface area contributed by atoms with Crippen molar-refractivity contribution < 1.29 is 42.7 Å². The third-order valence-electron chi connectivity index (χ3n) is 4.77. The van der Waals surface area contributed by atoms with Gasteiger partial charge in [-0.05, 0) is 41.5 Å². The molecule has 28 heavy (non-hydrogen) atoms. The first kappa shape index (κ1) is 21.6. The van der Waals surface area contributed by atoms with E-state index in [0.717, 1.165) is 0 Å². The number of esters is 1. The second-order valence-electron chi connectivity index (χ2n) is 8.70. The van der Waals surface area contributed by atoms with Crippen LogP contribution in [0.4, 0.5) is 0 Å². The van der Waals surface area contributed by atoms with Crippen molar-refractivity contribution in [3.05, 3.63) is 0 Å². The first-order chi connectivity index (χ1) is 12.8. The molecule has 5 atom stereocenters. The Hall–Kier alpha value is -1.10. The average molecular weight is 402 g/mol. The Morgan fingerprint density at radius 1 is 0.964 bits per heavy atom. The van der Waals surface area contributed by atoms with Gasteiger partial charge in [-0.1, -0.05) is 0 Å². The van der Waals surface area contributed by atoms with Crippen LogP contribution in [0.15, 0.2) is 0 Å². The van der Waals surface area contributed by atoms with Crippen molar-refractivity contribution in [2.45, 2.75) is 96.3 Å².